The van der Waals surface area contributed by atoms with Crippen molar-refractivity contribution in [1.82, 2.24) is 20.3 Å². The van der Waals surface area contributed by atoms with Gasteiger partial charge in [0.2, 0.25) is 5.91 Å². The van der Waals surface area contributed by atoms with Crippen LogP contribution in [0.2, 0.25) is 0 Å². The first-order chi connectivity index (χ1) is 10.1. The van der Waals surface area contributed by atoms with Gasteiger partial charge in [0.05, 0.1) is 5.69 Å². The molecule has 0 spiro atoms. The highest BCUT2D eigenvalue weighted by Gasteiger charge is 2.21. The van der Waals surface area contributed by atoms with Gasteiger partial charge in [0, 0.05) is 12.5 Å². The largest absolute Gasteiger partial charge is 0.476 e. The Labute approximate surface area is 122 Å². The van der Waals surface area contributed by atoms with E-state index < -0.39 is 5.97 Å². The van der Waals surface area contributed by atoms with E-state index in [0.29, 0.717) is 12.1 Å². The summed E-state index contributed by atoms with van der Waals surface area (Å²) in [5, 5.41) is 19.4. The van der Waals surface area contributed by atoms with Crippen molar-refractivity contribution in [2.24, 2.45) is 5.73 Å². The molecule has 1 saturated carbocycles. The number of rotatable bonds is 6. The SMILES string of the molecule is NCCc1c(C(=O)O)nnn1CC(=O)NC1CCCCC1. The van der Waals surface area contributed by atoms with Crippen LogP contribution < -0.4 is 11.1 Å². The Bertz CT molecular complexity index is 508. The highest BCUT2D eigenvalue weighted by molar-refractivity contribution is 5.86. The molecule has 1 aliphatic rings. The Morgan fingerprint density at radius 1 is 1.33 bits per heavy atom. The van der Waals surface area contributed by atoms with Crippen LogP contribution in [-0.4, -0.2) is 44.6 Å². The average Bonchev–Trinajstić information content (AvgIpc) is 2.83. The zero-order valence-corrected chi connectivity index (χ0v) is 11.9. The van der Waals surface area contributed by atoms with E-state index in [9.17, 15) is 9.59 Å². The van der Waals surface area contributed by atoms with Gasteiger partial charge >= 0.3 is 5.97 Å². The monoisotopic (exact) mass is 295 g/mol. The normalized spacial score (nSPS) is 15.9. The van der Waals surface area contributed by atoms with Crippen molar-refractivity contribution in [1.29, 1.82) is 0 Å². The second-order valence-corrected chi connectivity index (χ2v) is 5.29. The number of carboxylic acid groups (broad SMARTS) is 1. The third-order valence-corrected chi connectivity index (χ3v) is 3.68. The Hall–Kier alpha value is -1.96. The van der Waals surface area contributed by atoms with E-state index in [-0.39, 0.29) is 30.7 Å². The van der Waals surface area contributed by atoms with Crippen molar-refractivity contribution in [2.75, 3.05) is 6.54 Å². The summed E-state index contributed by atoms with van der Waals surface area (Å²) in [6, 6.07) is 0.215. The first kappa shape index (κ1) is 15.4. The van der Waals surface area contributed by atoms with E-state index in [0.717, 1.165) is 25.7 Å². The van der Waals surface area contributed by atoms with Crippen molar-refractivity contribution >= 4 is 11.9 Å². The second kappa shape index (κ2) is 7.16. The molecule has 0 bridgehead atoms. The number of carbonyl (C=O) groups is 2. The maximum absolute atomic E-state index is 12.0. The van der Waals surface area contributed by atoms with E-state index in [1.807, 2.05) is 0 Å². The Morgan fingerprint density at radius 2 is 2.05 bits per heavy atom. The van der Waals surface area contributed by atoms with E-state index in [1.54, 1.807) is 0 Å². The molecule has 1 amide bonds. The lowest BCUT2D eigenvalue weighted by molar-refractivity contribution is -0.122. The fraction of sp³-hybridized carbons (Fsp3) is 0.692. The van der Waals surface area contributed by atoms with Crippen LogP contribution in [0.3, 0.4) is 0 Å². The molecule has 1 fully saturated rings. The number of nitrogens with one attached hydrogen (secondary N) is 1. The molecule has 1 aromatic rings. The molecule has 0 saturated heterocycles. The fourth-order valence-electron chi connectivity index (χ4n) is 2.67. The molecule has 21 heavy (non-hydrogen) atoms. The van der Waals surface area contributed by atoms with Gasteiger partial charge in [-0.05, 0) is 19.4 Å². The summed E-state index contributed by atoms with van der Waals surface area (Å²) in [5.74, 6) is -1.32. The first-order valence-corrected chi connectivity index (χ1v) is 7.27. The quantitative estimate of drug-likeness (QED) is 0.675. The maximum atomic E-state index is 12.0. The third-order valence-electron chi connectivity index (χ3n) is 3.68. The van der Waals surface area contributed by atoms with Crippen LogP contribution in [0.15, 0.2) is 0 Å². The van der Waals surface area contributed by atoms with Gasteiger partial charge in [0.25, 0.3) is 0 Å². The van der Waals surface area contributed by atoms with Crippen LogP contribution in [0, 0.1) is 0 Å². The minimum atomic E-state index is -1.16. The second-order valence-electron chi connectivity index (χ2n) is 5.29. The summed E-state index contributed by atoms with van der Waals surface area (Å²) in [6.45, 7) is 0.254. The van der Waals surface area contributed by atoms with Crippen molar-refractivity contribution in [3.05, 3.63) is 11.4 Å². The molecule has 116 valence electrons. The zero-order valence-electron chi connectivity index (χ0n) is 11.9. The lowest BCUT2D eigenvalue weighted by Crippen LogP contribution is -2.38. The number of hydrogen-bond acceptors (Lipinski definition) is 5. The lowest BCUT2D eigenvalue weighted by atomic mass is 9.95. The molecule has 4 N–H and O–H groups in total. The van der Waals surface area contributed by atoms with Crippen molar-refractivity contribution in [3.8, 4) is 0 Å². The molecule has 0 atom stereocenters. The minimum absolute atomic E-state index is 0.0217. The molecule has 0 aliphatic heterocycles. The van der Waals surface area contributed by atoms with Gasteiger partial charge in [-0.25, -0.2) is 9.48 Å². The smallest absolute Gasteiger partial charge is 0.358 e. The Morgan fingerprint density at radius 3 is 2.67 bits per heavy atom. The number of aromatic nitrogens is 3. The van der Waals surface area contributed by atoms with E-state index in [2.05, 4.69) is 15.6 Å². The number of nitrogens with zero attached hydrogens (tertiary/aromatic N) is 3. The van der Waals surface area contributed by atoms with Crippen LogP contribution >= 0.6 is 0 Å². The van der Waals surface area contributed by atoms with Gasteiger partial charge < -0.3 is 16.2 Å². The summed E-state index contributed by atoms with van der Waals surface area (Å²) < 4.78 is 1.33. The minimum Gasteiger partial charge on any atom is -0.476 e. The number of amides is 1. The highest BCUT2D eigenvalue weighted by atomic mass is 16.4. The van der Waals surface area contributed by atoms with Gasteiger partial charge in [-0.2, -0.15) is 0 Å². The summed E-state index contributed by atoms with van der Waals surface area (Å²) in [7, 11) is 0. The van der Waals surface area contributed by atoms with Crippen LogP contribution in [0.4, 0.5) is 0 Å². The van der Waals surface area contributed by atoms with Gasteiger partial charge in [-0.1, -0.05) is 24.5 Å². The van der Waals surface area contributed by atoms with Gasteiger partial charge in [-0.15, -0.1) is 5.10 Å². The molecule has 1 heterocycles. The van der Waals surface area contributed by atoms with E-state index in [4.69, 9.17) is 10.8 Å². The summed E-state index contributed by atoms with van der Waals surface area (Å²) in [4.78, 5) is 23.1. The molecule has 0 unspecified atom stereocenters. The summed E-state index contributed by atoms with van der Waals surface area (Å²) >= 11 is 0. The molecule has 0 radical (unpaired) electrons. The van der Waals surface area contributed by atoms with Gasteiger partial charge in [0.15, 0.2) is 5.69 Å². The zero-order chi connectivity index (χ0) is 15.2. The topological polar surface area (TPSA) is 123 Å². The van der Waals surface area contributed by atoms with Crippen LogP contribution in [-0.2, 0) is 17.8 Å². The molecule has 0 aromatic carbocycles. The van der Waals surface area contributed by atoms with Gasteiger partial charge in [-0.3, -0.25) is 4.79 Å². The summed E-state index contributed by atoms with van der Waals surface area (Å²) in [6.07, 6.45) is 5.81. The predicted octanol–water partition coefficient (Wildman–Crippen LogP) is -0.0736. The molecule has 8 heteroatoms. The van der Waals surface area contributed by atoms with Crippen molar-refractivity contribution in [3.63, 3.8) is 0 Å². The highest BCUT2D eigenvalue weighted by Crippen LogP contribution is 2.17. The maximum Gasteiger partial charge on any atom is 0.358 e. The molecule has 1 aliphatic carbocycles. The average molecular weight is 295 g/mol. The van der Waals surface area contributed by atoms with Gasteiger partial charge in [0.1, 0.15) is 6.54 Å². The number of carboxylic acids is 1. The summed E-state index contributed by atoms with van der Waals surface area (Å²) in [5.41, 5.74) is 5.73. The predicted molar refractivity (Wildman–Crippen MR) is 74.8 cm³/mol. The molecule has 1 aromatic heterocycles. The van der Waals surface area contributed by atoms with E-state index in [1.165, 1.54) is 11.1 Å². The molecule has 2 rings (SSSR count). The first-order valence-electron chi connectivity index (χ1n) is 7.27. The van der Waals surface area contributed by atoms with E-state index >= 15 is 0 Å². The molecule has 8 nitrogen and oxygen atoms in total. The van der Waals surface area contributed by atoms with Crippen LogP contribution in [0.5, 0.6) is 0 Å². The number of hydrogen-bond donors (Lipinski definition) is 3. The third kappa shape index (κ3) is 4.01. The Kier molecular flexibility index (Phi) is 5.26. The number of nitrogens with two attached hydrogens (primary N) is 1. The van der Waals surface area contributed by atoms with Crippen LogP contribution in [0.1, 0.15) is 48.3 Å². The molecular weight excluding hydrogens is 274 g/mol. The standard InChI is InChI=1S/C13H21N5O3/c14-7-6-10-12(13(20)21)16-17-18(10)8-11(19)15-9-4-2-1-3-5-9/h9H,1-8,14H2,(H,15,19)(H,20,21). The lowest BCUT2D eigenvalue weighted by Gasteiger charge is -2.22. The van der Waals surface area contributed by atoms with Crippen molar-refractivity contribution in [2.45, 2.75) is 51.1 Å². The molecular formula is C13H21N5O3. The fourth-order valence-corrected chi connectivity index (χ4v) is 2.67. The number of carbonyl (C=O) groups excluding carboxylic acids is 1. The number of aromatic carboxylic acids is 1. The Balaban J connectivity index is 2.00. The van der Waals surface area contributed by atoms with Crippen molar-refractivity contribution < 1.29 is 14.7 Å². The van der Waals surface area contributed by atoms with Crippen LogP contribution in [0.25, 0.3) is 0 Å².